The molecule has 3 nitrogen and oxygen atoms in total. The molecule has 0 aliphatic heterocycles. The Kier molecular flexibility index (Phi) is 2.90. The molecule has 0 spiro atoms. The van der Waals surface area contributed by atoms with Gasteiger partial charge in [-0.25, -0.2) is 4.98 Å². The molecule has 3 rings (SSSR count). The molecule has 0 atom stereocenters. The summed E-state index contributed by atoms with van der Waals surface area (Å²) < 4.78 is 2.10. The lowest BCUT2D eigenvalue weighted by atomic mass is 10.1. The van der Waals surface area contributed by atoms with Crippen LogP contribution in [0.1, 0.15) is 30.1 Å². The first kappa shape index (κ1) is 12.0. The van der Waals surface area contributed by atoms with E-state index in [0.717, 1.165) is 29.4 Å². The minimum absolute atomic E-state index is 0.583. The summed E-state index contributed by atoms with van der Waals surface area (Å²) in [5.41, 5.74) is 9.57. The third-order valence-corrected chi connectivity index (χ3v) is 3.69. The highest BCUT2D eigenvalue weighted by atomic mass is 15.1. The SMILES string of the molecule is C=CCn1c(C2CC2)nc(-c2ccccc2C)c1N. The van der Waals surface area contributed by atoms with Crippen molar-refractivity contribution in [2.75, 3.05) is 5.73 Å². The lowest BCUT2D eigenvalue weighted by Crippen LogP contribution is -2.05. The van der Waals surface area contributed by atoms with E-state index in [4.69, 9.17) is 10.7 Å². The summed E-state index contributed by atoms with van der Waals surface area (Å²) in [6, 6.07) is 8.25. The van der Waals surface area contributed by atoms with E-state index in [1.807, 2.05) is 18.2 Å². The van der Waals surface area contributed by atoms with Crippen LogP contribution in [0.3, 0.4) is 0 Å². The van der Waals surface area contributed by atoms with Crippen LogP contribution < -0.4 is 5.73 Å². The van der Waals surface area contributed by atoms with Crippen molar-refractivity contribution in [3.8, 4) is 11.3 Å². The first-order valence-electron chi connectivity index (χ1n) is 6.75. The predicted octanol–water partition coefficient (Wildman–Crippen LogP) is 3.50. The maximum Gasteiger partial charge on any atom is 0.132 e. The average Bonchev–Trinajstić information content (AvgIpc) is 3.19. The van der Waals surface area contributed by atoms with E-state index >= 15 is 0 Å². The van der Waals surface area contributed by atoms with E-state index in [0.29, 0.717) is 5.92 Å². The molecule has 1 aliphatic carbocycles. The van der Waals surface area contributed by atoms with Gasteiger partial charge in [0.15, 0.2) is 0 Å². The lowest BCUT2D eigenvalue weighted by Gasteiger charge is -2.06. The van der Waals surface area contributed by atoms with Gasteiger partial charge in [0.1, 0.15) is 17.3 Å². The van der Waals surface area contributed by atoms with Gasteiger partial charge in [-0.15, -0.1) is 6.58 Å². The van der Waals surface area contributed by atoms with Crippen molar-refractivity contribution in [3.05, 3.63) is 48.3 Å². The predicted molar refractivity (Wildman–Crippen MR) is 79.0 cm³/mol. The summed E-state index contributed by atoms with van der Waals surface area (Å²) >= 11 is 0. The van der Waals surface area contributed by atoms with Crippen LogP contribution in [0.5, 0.6) is 0 Å². The molecule has 2 aromatic rings. The number of nitrogen functional groups attached to an aromatic ring is 1. The van der Waals surface area contributed by atoms with Crippen molar-refractivity contribution in [2.24, 2.45) is 0 Å². The highest BCUT2D eigenvalue weighted by Crippen LogP contribution is 2.42. The number of nitrogens with two attached hydrogens (primary N) is 1. The zero-order valence-corrected chi connectivity index (χ0v) is 11.3. The number of nitrogens with zero attached hydrogens (tertiary/aromatic N) is 2. The number of hydrogen-bond donors (Lipinski definition) is 1. The van der Waals surface area contributed by atoms with Crippen molar-refractivity contribution in [2.45, 2.75) is 32.2 Å². The summed E-state index contributed by atoms with van der Waals surface area (Å²) in [5.74, 6) is 2.46. The first-order chi connectivity index (χ1) is 9.22. The molecule has 1 aromatic carbocycles. The van der Waals surface area contributed by atoms with Crippen molar-refractivity contribution in [1.29, 1.82) is 0 Å². The van der Waals surface area contributed by atoms with Crippen LogP contribution in [0.15, 0.2) is 36.9 Å². The zero-order valence-electron chi connectivity index (χ0n) is 11.3. The molecule has 0 bridgehead atoms. The lowest BCUT2D eigenvalue weighted by molar-refractivity contribution is 0.750. The number of hydrogen-bond acceptors (Lipinski definition) is 2. The average molecular weight is 253 g/mol. The Morgan fingerprint density at radius 3 is 2.79 bits per heavy atom. The van der Waals surface area contributed by atoms with E-state index < -0.39 is 0 Å². The smallest absolute Gasteiger partial charge is 0.132 e. The Morgan fingerprint density at radius 2 is 2.16 bits per heavy atom. The summed E-state index contributed by atoms with van der Waals surface area (Å²) in [4.78, 5) is 4.81. The molecule has 1 aliphatic rings. The molecule has 1 heterocycles. The number of allylic oxidation sites excluding steroid dienone is 1. The van der Waals surface area contributed by atoms with Gasteiger partial charge in [0.2, 0.25) is 0 Å². The van der Waals surface area contributed by atoms with Crippen LogP contribution in [-0.4, -0.2) is 9.55 Å². The number of benzene rings is 1. The second-order valence-corrected chi connectivity index (χ2v) is 5.19. The Bertz CT molecular complexity index is 621. The minimum atomic E-state index is 0.583. The maximum absolute atomic E-state index is 6.31. The Labute approximate surface area is 113 Å². The molecule has 98 valence electrons. The van der Waals surface area contributed by atoms with Gasteiger partial charge >= 0.3 is 0 Å². The largest absolute Gasteiger partial charge is 0.383 e. The summed E-state index contributed by atoms with van der Waals surface area (Å²) in [7, 11) is 0. The number of imidazole rings is 1. The van der Waals surface area contributed by atoms with Crippen molar-refractivity contribution in [1.82, 2.24) is 9.55 Å². The van der Waals surface area contributed by atoms with Gasteiger partial charge in [-0.05, 0) is 25.3 Å². The van der Waals surface area contributed by atoms with E-state index in [-0.39, 0.29) is 0 Å². The first-order valence-corrected chi connectivity index (χ1v) is 6.75. The second kappa shape index (κ2) is 4.57. The normalized spacial score (nSPS) is 14.6. The van der Waals surface area contributed by atoms with Gasteiger partial charge in [-0.2, -0.15) is 0 Å². The number of rotatable bonds is 4. The van der Waals surface area contributed by atoms with Gasteiger partial charge in [-0.3, -0.25) is 0 Å². The van der Waals surface area contributed by atoms with E-state index in [9.17, 15) is 0 Å². The molecule has 3 heteroatoms. The van der Waals surface area contributed by atoms with E-state index in [1.165, 1.54) is 18.4 Å². The quantitative estimate of drug-likeness (QED) is 0.847. The van der Waals surface area contributed by atoms with Gasteiger partial charge in [0.05, 0.1) is 0 Å². The van der Waals surface area contributed by atoms with Crippen LogP contribution in [0.25, 0.3) is 11.3 Å². The zero-order chi connectivity index (χ0) is 13.4. The van der Waals surface area contributed by atoms with Gasteiger partial charge in [0, 0.05) is 18.0 Å². The van der Waals surface area contributed by atoms with Crippen LogP contribution in [0.2, 0.25) is 0 Å². The molecule has 2 N–H and O–H groups in total. The number of aryl methyl sites for hydroxylation is 1. The highest BCUT2D eigenvalue weighted by molar-refractivity contribution is 5.73. The number of anilines is 1. The third kappa shape index (κ3) is 2.05. The fourth-order valence-electron chi connectivity index (χ4n) is 2.49. The topological polar surface area (TPSA) is 43.8 Å². The molecule has 0 amide bonds. The third-order valence-electron chi connectivity index (χ3n) is 3.69. The summed E-state index contributed by atoms with van der Waals surface area (Å²) in [6.07, 6.45) is 4.33. The molecule has 0 unspecified atom stereocenters. The monoisotopic (exact) mass is 253 g/mol. The van der Waals surface area contributed by atoms with Crippen LogP contribution in [0.4, 0.5) is 5.82 Å². The van der Waals surface area contributed by atoms with Gasteiger partial charge in [-0.1, -0.05) is 30.3 Å². The Morgan fingerprint density at radius 1 is 1.42 bits per heavy atom. The highest BCUT2D eigenvalue weighted by Gasteiger charge is 2.30. The Balaban J connectivity index is 2.14. The van der Waals surface area contributed by atoms with Gasteiger partial charge in [0.25, 0.3) is 0 Å². The minimum Gasteiger partial charge on any atom is -0.383 e. The van der Waals surface area contributed by atoms with Gasteiger partial charge < -0.3 is 10.3 Å². The summed E-state index contributed by atoms with van der Waals surface area (Å²) in [5, 5.41) is 0. The van der Waals surface area contributed by atoms with Crippen molar-refractivity contribution >= 4 is 5.82 Å². The van der Waals surface area contributed by atoms with E-state index in [1.54, 1.807) is 0 Å². The van der Waals surface area contributed by atoms with Crippen molar-refractivity contribution in [3.63, 3.8) is 0 Å². The molecule has 1 saturated carbocycles. The van der Waals surface area contributed by atoms with Crippen LogP contribution in [-0.2, 0) is 6.54 Å². The molecule has 1 fully saturated rings. The molecule has 0 saturated heterocycles. The van der Waals surface area contributed by atoms with Crippen LogP contribution in [0, 0.1) is 6.92 Å². The fourth-order valence-corrected chi connectivity index (χ4v) is 2.49. The Hall–Kier alpha value is -2.03. The maximum atomic E-state index is 6.31. The number of aromatic nitrogens is 2. The van der Waals surface area contributed by atoms with Crippen LogP contribution >= 0.6 is 0 Å². The molecular formula is C16H19N3. The summed E-state index contributed by atoms with van der Waals surface area (Å²) in [6.45, 7) is 6.64. The molecule has 19 heavy (non-hydrogen) atoms. The standard InChI is InChI=1S/C16H19N3/c1-3-10-19-15(17)14(18-16(19)12-8-9-12)13-7-5-4-6-11(13)2/h3-7,12H,1,8-10,17H2,2H3. The van der Waals surface area contributed by atoms with E-state index in [2.05, 4.69) is 30.2 Å². The molecule has 1 aromatic heterocycles. The fraction of sp³-hybridized carbons (Fsp3) is 0.312. The molecular weight excluding hydrogens is 234 g/mol. The second-order valence-electron chi connectivity index (χ2n) is 5.19. The molecule has 0 radical (unpaired) electrons. The van der Waals surface area contributed by atoms with Crippen molar-refractivity contribution < 1.29 is 0 Å².